The van der Waals surface area contributed by atoms with Crippen LogP contribution >= 0.6 is 22.6 Å². The Hall–Kier alpha value is -3.72. The van der Waals surface area contributed by atoms with Gasteiger partial charge in [0.25, 0.3) is 0 Å². The lowest BCUT2D eigenvalue weighted by Crippen LogP contribution is -1.88. The van der Waals surface area contributed by atoms with Gasteiger partial charge in [-0.05, 0) is 88.3 Å². The highest BCUT2D eigenvalue weighted by Gasteiger charge is 2.15. The number of benzene rings is 3. The van der Waals surface area contributed by atoms with Gasteiger partial charge in [0.15, 0.2) is 0 Å². The molecule has 0 atom stereocenters. The summed E-state index contributed by atoms with van der Waals surface area (Å²) in [5.41, 5.74) is 13.9. The minimum Gasteiger partial charge on any atom is -0.399 e. The smallest absolute Gasteiger partial charge is 0.123 e. The van der Waals surface area contributed by atoms with Crippen LogP contribution in [0.25, 0.3) is 55.6 Å². The summed E-state index contributed by atoms with van der Waals surface area (Å²) in [5.74, 6) is -0.288. The van der Waals surface area contributed by atoms with Crippen molar-refractivity contribution in [3.8, 4) is 33.8 Å². The number of fused-ring (bicyclic) bond motifs is 2. The molecule has 0 radical (unpaired) electrons. The summed E-state index contributed by atoms with van der Waals surface area (Å²) in [6, 6.07) is 22.7. The molecule has 0 fully saturated rings. The van der Waals surface area contributed by atoms with Gasteiger partial charge in [0.1, 0.15) is 11.5 Å². The summed E-state index contributed by atoms with van der Waals surface area (Å²) in [4.78, 5) is 7.97. The highest BCUT2D eigenvalue weighted by Crippen LogP contribution is 2.35. The fourth-order valence-corrected chi connectivity index (χ4v) is 4.92. The SMILES string of the molecule is Nc1cc(I)cc(-c2ccc3[nH]nc(-c4cc5c(-c6cccc(F)c6)nccc5[nH]4)c3c2)c1. The monoisotopic (exact) mass is 545 g/mol. The molecule has 5 nitrogen and oxygen atoms in total. The second-order valence-electron chi connectivity index (χ2n) is 7.92. The number of halogens is 2. The van der Waals surface area contributed by atoms with Crippen LogP contribution in [-0.2, 0) is 0 Å². The van der Waals surface area contributed by atoms with Crippen molar-refractivity contribution in [2.75, 3.05) is 5.73 Å². The normalized spacial score (nSPS) is 11.5. The van der Waals surface area contributed by atoms with E-state index >= 15 is 0 Å². The molecule has 0 saturated heterocycles. The number of hydrogen-bond acceptors (Lipinski definition) is 3. The van der Waals surface area contributed by atoms with Gasteiger partial charge in [-0.3, -0.25) is 10.1 Å². The van der Waals surface area contributed by atoms with Gasteiger partial charge in [0.2, 0.25) is 0 Å². The number of aromatic nitrogens is 4. The standard InChI is InChI=1S/C26H17FIN5/c27-17-3-1-2-15(8-17)25-21-13-24(31-22(21)6-7-30-25)26-20-11-14(4-5-23(20)32-33-26)16-9-18(28)12-19(29)10-16/h1-13,31H,29H2,(H,32,33). The van der Waals surface area contributed by atoms with Crippen molar-refractivity contribution >= 4 is 50.1 Å². The Kier molecular flexibility index (Phi) is 4.65. The van der Waals surface area contributed by atoms with Gasteiger partial charge in [-0.2, -0.15) is 5.10 Å². The average molecular weight is 545 g/mol. The molecule has 3 aromatic carbocycles. The molecule has 0 unspecified atom stereocenters. The zero-order chi connectivity index (χ0) is 22.5. The Morgan fingerprint density at radius 2 is 1.67 bits per heavy atom. The maximum absolute atomic E-state index is 13.8. The number of nitrogens with two attached hydrogens (primary N) is 1. The van der Waals surface area contributed by atoms with Crippen LogP contribution in [0.15, 0.2) is 79.0 Å². The summed E-state index contributed by atoms with van der Waals surface area (Å²) in [5, 5.41) is 9.62. The summed E-state index contributed by atoms with van der Waals surface area (Å²) < 4.78 is 14.9. The average Bonchev–Trinajstić information content (AvgIpc) is 3.41. The van der Waals surface area contributed by atoms with E-state index in [0.717, 1.165) is 64.8 Å². The zero-order valence-corrected chi connectivity index (χ0v) is 19.4. The molecule has 3 aromatic heterocycles. The number of nitrogens with one attached hydrogen (secondary N) is 2. The van der Waals surface area contributed by atoms with Crippen molar-refractivity contribution in [2.24, 2.45) is 0 Å². The summed E-state index contributed by atoms with van der Waals surface area (Å²) in [7, 11) is 0. The van der Waals surface area contributed by atoms with Crippen molar-refractivity contribution in [1.29, 1.82) is 0 Å². The van der Waals surface area contributed by atoms with Crippen molar-refractivity contribution in [2.45, 2.75) is 0 Å². The molecule has 0 aliphatic heterocycles. The molecule has 7 heteroatoms. The highest BCUT2D eigenvalue weighted by atomic mass is 127. The summed E-state index contributed by atoms with van der Waals surface area (Å²) >= 11 is 2.28. The molecule has 0 aliphatic rings. The molecule has 4 N–H and O–H groups in total. The van der Waals surface area contributed by atoms with Crippen molar-refractivity contribution in [3.05, 3.63) is 88.4 Å². The Morgan fingerprint density at radius 1 is 0.788 bits per heavy atom. The maximum atomic E-state index is 13.8. The van der Waals surface area contributed by atoms with E-state index in [-0.39, 0.29) is 5.82 Å². The van der Waals surface area contributed by atoms with Crippen LogP contribution in [0, 0.1) is 9.39 Å². The van der Waals surface area contributed by atoms with Crippen LogP contribution < -0.4 is 5.73 Å². The van der Waals surface area contributed by atoms with Crippen LogP contribution in [0.3, 0.4) is 0 Å². The van der Waals surface area contributed by atoms with Gasteiger partial charge < -0.3 is 10.7 Å². The van der Waals surface area contributed by atoms with Crippen LogP contribution in [0.2, 0.25) is 0 Å². The van der Waals surface area contributed by atoms with Crippen LogP contribution in [-0.4, -0.2) is 20.2 Å². The van der Waals surface area contributed by atoms with Gasteiger partial charge in [-0.25, -0.2) is 4.39 Å². The molecule has 0 aliphatic carbocycles. The molecule has 6 aromatic rings. The van der Waals surface area contributed by atoms with E-state index in [2.05, 4.69) is 61.0 Å². The minimum absolute atomic E-state index is 0.288. The Bertz CT molecular complexity index is 1650. The second kappa shape index (κ2) is 7.70. The van der Waals surface area contributed by atoms with E-state index in [4.69, 9.17) is 5.73 Å². The maximum Gasteiger partial charge on any atom is 0.123 e. The molecule has 160 valence electrons. The van der Waals surface area contributed by atoms with Gasteiger partial charge in [0, 0.05) is 37.3 Å². The van der Waals surface area contributed by atoms with Crippen molar-refractivity contribution in [1.82, 2.24) is 20.2 Å². The number of anilines is 1. The molecular weight excluding hydrogens is 528 g/mol. The number of hydrogen-bond donors (Lipinski definition) is 3. The summed E-state index contributed by atoms with van der Waals surface area (Å²) in [6.45, 7) is 0. The fourth-order valence-electron chi connectivity index (χ4n) is 4.23. The first-order chi connectivity index (χ1) is 16.0. The lowest BCUT2D eigenvalue weighted by Gasteiger charge is -2.05. The van der Waals surface area contributed by atoms with Gasteiger partial charge in [-0.15, -0.1) is 0 Å². The van der Waals surface area contributed by atoms with Crippen molar-refractivity contribution in [3.63, 3.8) is 0 Å². The van der Waals surface area contributed by atoms with Crippen LogP contribution in [0.4, 0.5) is 10.1 Å². The van der Waals surface area contributed by atoms with Gasteiger partial charge in [0.05, 0.1) is 16.9 Å². The molecule has 0 bridgehead atoms. The number of rotatable bonds is 3. The number of pyridine rings is 1. The number of nitrogen functional groups attached to an aromatic ring is 1. The lowest BCUT2D eigenvalue weighted by atomic mass is 10.0. The first kappa shape index (κ1) is 19.9. The van der Waals surface area contributed by atoms with E-state index in [0.29, 0.717) is 0 Å². The first-order valence-electron chi connectivity index (χ1n) is 10.3. The van der Waals surface area contributed by atoms with E-state index in [1.54, 1.807) is 12.3 Å². The number of aromatic amines is 2. The van der Waals surface area contributed by atoms with E-state index in [9.17, 15) is 4.39 Å². The molecule has 3 heterocycles. The van der Waals surface area contributed by atoms with Crippen LogP contribution in [0.1, 0.15) is 0 Å². The third-order valence-electron chi connectivity index (χ3n) is 5.72. The molecule has 6 rings (SSSR count). The van der Waals surface area contributed by atoms with Gasteiger partial charge >= 0.3 is 0 Å². The first-order valence-corrected chi connectivity index (χ1v) is 11.4. The largest absolute Gasteiger partial charge is 0.399 e. The quantitative estimate of drug-likeness (QED) is 0.170. The molecule has 33 heavy (non-hydrogen) atoms. The van der Waals surface area contributed by atoms with Crippen LogP contribution in [0.5, 0.6) is 0 Å². The Labute approximate surface area is 202 Å². The zero-order valence-electron chi connectivity index (χ0n) is 17.2. The van der Waals surface area contributed by atoms with Crippen molar-refractivity contribution < 1.29 is 4.39 Å². The van der Waals surface area contributed by atoms with E-state index < -0.39 is 0 Å². The minimum atomic E-state index is -0.288. The van der Waals surface area contributed by atoms with Gasteiger partial charge in [-0.1, -0.05) is 18.2 Å². The molecule has 0 saturated carbocycles. The lowest BCUT2D eigenvalue weighted by molar-refractivity contribution is 0.628. The second-order valence-corrected chi connectivity index (χ2v) is 9.17. The third kappa shape index (κ3) is 3.54. The predicted octanol–water partition coefficient (Wildman–Crippen LogP) is 6.77. The number of nitrogens with zero attached hydrogens (tertiary/aromatic N) is 2. The summed E-state index contributed by atoms with van der Waals surface area (Å²) in [6.07, 6.45) is 1.73. The molecule has 0 amide bonds. The predicted molar refractivity (Wildman–Crippen MR) is 139 cm³/mol. The Balaban J connectivity index is 1.51. The Morgan fingerprint density at radius 3 is 2.52 bits per heavy atom. The topological polar surface area (TPSA) is 83.4 Å². The number of H-pyrrole nitrogens is 2. The highest BCUT2D eigenvalue weighted by molar-refractivity contribution is 14.1. The van der Waals surface area contributed by atoms with E-state index in [1.807, 2.05) is 36.4 Å². The molecule has 0 spiro atoms. The third-order valence-corrected chi connectivity index (χ3v) is 6.34. The molecular formula is C26H17FIN5. The van der Waals surface area contributed by atoms with E-state index in [1.165, 1.54) is 12.1 Å². The fraction of sp³-hybridized carbons (Fsp3) is 0.